The van der Waals surface area contributed by atoms with Crippen LogP contribution in [0.1, 0.15) is 24.0 Å². The Balaban J connectivity index is 0.00000225. The summed E-state index contributed by atoms with van der Waals surface area (Å²) >= 11 is 18.5. The van der Waals surface area contributed by atoms with Gasteiger partial charge < -0.3 is 14.8 Å². The summed E-state index contributed by atoms with van der Waals surface area (Å²) in [7, 11) is 1.60. The van der Waals surface area contributed by atoms with E-state index in [1.165, 1.54) is 12.8 Å². The number of halogens is 4. The zero-order chi connectivity index (χ0) is 17.1. The molecule has 0 spiro atoms. The van der Waals surface area contributed by atoms with Gasteiger partial charge in [-0.25, -0.2) is 0 Å². The van der Waals surface area contributed by atoms with Crippen LogP contribution >= 0.6 is 47.2 Å². The minimum atomic E-state index is 0. The first-order valence-electron chi connectivity index (χ1n) is 7.73. The first kappa shape index (κ1) is 20.5. The Morgan fingerprint density at radius 3 is 2.48 bits per heavy atom. The maximum atomic E-state index is 6.39. The van der Waals surface area contributed by atoms with Crippen LogP contribution in [-0.2, 0) is 13.2 Å². The van der Waals surface area contributed by atoms with Gasteiger partial charge in [0.05, 0.1) is 12.1 Å². The van der Waals surface area contributed by atoms with Crippen molar-refractivity contribution in [2.45, 2.75) is 32.0 Å². The first-order valence-corrected chi connectivity index (χ1v) is 8.86. The lowest BCUT2D eigenvalue weighted by atomic mass is 10.2. The normalized spacial score (nSPS) is 13.3. The van der Waals surface area contributed by atoms with Crippen molar-refractivity contribution in [3.05, 3.63) is 56.5 Å². The molecule has 0 aromatic heterocycles. The summed E-state index contributed by atoms with van der Waals surface area (Å²) in [4.78, 5) is 0. The van der Waals surface area contributed by atoms with Crippen LogP contribution in [0, 0.1) is 0 Å². The summed E-state index contributed by atoms with van der Waals surface area (Å²) in [5.74, 6) is 1.13. The minimum absolute atomic E-state index is 0. The number of rotatable bonds is 7. The van der Waals surface area contributed by atoms with Gasteiger partial charge in [-0.2, -0.15) is 0 Å². The first-order chi connectivity index (χ1) is 11.6. The van der Waals surface area contributed by atoms with E-state index in [2.05, 4.69) is 5.32 Å². The number of benzene rings is 2. The molecular formula is C18H19Cl4NO2. The minimum Gasteiger partial charge on any atom is -0.493 e. The molecule has 0 bridgehead atoms. The van der Waals surface area contributed by atoms with Gasteiger partial charge in [0.15, 0.2) is 11.5 Å². The smallest absolute Gasteiger partial charge is 0.180 e. The molecule has 0 heterocycles. The van der Waals surface area contributed by atoms with Crippen molar-refractivity contribution >= 4 is 47.2 Å². The standard InChI is InChI=1S/C18H18Cl3NO2.ClH/c1-23-17-7-11(9-22-14-4-5-14)6-16(21)18(17)24-10-12-2-3-13(19)8-15(12)20;/h2-3,6-8,14,22H,4-5,9-10H2,1H3;1H. The molecule has 1 fully saturated rings. The van der Waals surface area contributed by atoms with Crippen molar-refractivity contribution in [2.24, 2.45) is 0 Å². The molecule has 0 radical (unpaired) electrons. The van der Waals surface area contributed by atoms with E-state index in [1.54, 1.807) is 19.2 Å². The number of hydrogen-bond donors (Lipinski definition) is 1. The number of ether oxygens (including phenoxy) is 2. The summed E-state index contributed by atoms with van der Waals surface area (Å²) in [5.41, 5.74) is 1.90. The lowest BCUT2D eigenvalue weighted by Gasteiger charge is -2.15. The van der Waals surface area contributed by atoms with Crippen LogP contribution in [0.2, 0.25) is 15.1 Å². The fourth-order valence-corrected chi connectivity index (χ4v) is 3.10. The van der Waals surface area contributed by atoms with Crippen LogP contribution in [0.4, 0.5) is 0 Å². The third kappa shape index (κ3) is 5.57. The van der Waals surface area contributed by atoms with Gasteiger partial charge in [0.2, 0.25) is 0 Å². The summed E-state index contributed by atoms with van der Waals surface area (Å²) in [6, 6.07) is 9.78. The van der Waals surface area contributed by atoms with E-state index in [1.807, 2.05) is 18.2 Å². The molecule has 0 amide bonds. The largest absolute Gasteiger partial charge is 0.493 e. The molecule has 136 valence electrons. The van der Waals surface area contributed by atoms with Gasteiger partial charge in [0.1, 0.15) is 6.61 Å². The highest BCUT2D eigenvalue weighted by molar-refractivity contribution is 6.35. The second-order valence-corrected chi connectivity index (χ2v) is 7.04. The molecule has 1 aliphatic rings. The SMILES string of the molecule is COc1cc(CNC2CC2)cc(Cl)c1OCc1ccc(Cl)cc1Cl.Cl. The maximum Gasteiger partial charge on any atom is 0.180 e. The molecule has 25 heavy (non-hydrogen) atoms. The molecule has 3 rings (SSSR count). The van der Waals surface area contributed by atoms with Gasteiger partial charge in [-0.3, -0.25) is 0 Å². The fraction of sp³-hybridized carbons (Fsp3) is 0.333. The van der Waals surface area contributed by atoms with Gasteiger partial charge >= 0.3 is 0 Å². The third-order valence-electron chi connectivity index (χ3n) is 3.85. The molecule has 1 aliphatic carbocycles. The molecule has 7 heteroatoms. The zero-order valence-corrected chi connectivity index (χ0v) is 16.7. The average molecular weight is 423 g/mol. The lowest BCUT2D eigenvalue weighted by molar-refractivity contribution is 0.284. The molecule has 0 saturated heterocycles. The topological polar surface area (TPSA) is 30.5 Å². The monoisotopic (exact) mass is 421 g/mol. The van der Waals surface area contributed by atoms with Crippen molar-refractivity contribution < 1.29 is 9.47 Å². The Labute approximate surface area is 169 Å². The van der Waals surface area contributed by atoms with Crippen LogP contribution < -0.4 is 14.8 Å². The van der Waals surface area contributed by atoms with Gasteiger partial charge in [-0.1, -0.05) is 40.9 Å². The second kappa shape index (κ2) is 9.20. The number of hydrogen-bond acceptors (Lipinski definition) is 3. The number of nitrogens with one attached hydrogen (secondary N) is 1. The molecule has 1 N–H and O–H groups in total. The quantitative estimate of drug-likeness (QED) is 0.601. The molecule has 0 aliphatic heterocycles. The molecule has 0 atom stereocenters. The van der Waals surface area contributed by atoms with Crippen LogP contribution in [0.5, 0.6) is 11.5 Å². The maximum absolute atomic E-state index is 6.39. The molecule has 2 aromatic carbocycles. The van der Waals surface area contributed by atoms with E-state index < -0.39 is 0 Å². The Bertz CT molecular complexity index is 735. The lowest BCUT2D eigenvalue weighted by Crippen LogP contribution is -2.15. The molecular weight excluding hydrogens is 404 g/mol. The number of methoxy groups -OCH3 is 1. The van der Waals surface area contributed by atoms with Gasteiger partial charge in [0, 0.05) is 28.2 Å². The third-order valence-corrected chi connectivity index (χ3v) is 4.72. The Kier molecular flexibility index (Phi) is 7.53. The summed E-state index contributed by atoms with van der Waals surface area (Å²) < 4.78 is 11.3. The fourth-order valence-electron chi connectivity index (χ4n) is 2.35. The van der Waals surface area contributed by atoms with Crippen molar-refractivity contribution in [1.82, 2.24) is 5.32 Å². The predicted octanol–water partition coefficient (Wildman–Crippen LogP) is 5.91. The predicted molar refractivity (Wildman–Crippen MR) is 106 cm³/mol. The molecule has 2 aromatic rings. The van der Waals surface area contributed by atoms with Crippen LogP contribution in [0.25, 0.3) is 0 Å². The van der Waals surface area contributed by atoms with Crippen molar-refractivity contribution in [3.63, 3.8) is 0 Å². The summed E-state index contributed by atoms with van der Waals surface area (Å²) in [5, 5.41) is 5.12. The van der Waals surface area contributed by atoms with Crippen molar-refractivity contribution in [2.75, 3.05) is 7.11 Å². The highest BCUT2D eigenvalue weighted by Crippen LogP contribution is 2.37. The Hall–Kier alpha value is -0.840. The highest BCUT2D eigenvalue weighted by Gasteiger charge is 2.20. The molecule has 0 unspecified atom stereocenters. The van der Waals surface area contributed by atoms with Gasteiger partial charge in [-0.05, 0) is 42.7 Å². The second-order valence-electron chi connectivity index (χ2n) is 5.79. The summed E-state index contributed by atoms with van der Waals surface area (Å²) in [6.45, 7) is 1.05. The van der Waals surface area contributed by atoms with Crippen molar-refractivity contribution in [3.8, 4) is 11.5 Å². The van der Waals surface area contributed by atoms with E-state index >= 15 is 0 Å². The Morgan fingerprint density at radius 1 is 1.08 bits per heavy atom. The Morgan fingerprint density at radius 2 is 1.84 bits per heavy atom. The highest BCUT2D eigenvalue weighted by atomic mass is 35.5. The van der Waals surface area contributed by atoms with Crippen molar-refractivity contribution in [1.29, 1.82) is 0 Å². The van der Waals surface area contributed by atoms with E-state index in [0.717, 1.165) is 17.7 Å². The van der Waals surface area contributed by atoms with E-state index in [4.69, 9.17) is 44.3 Å². The molecule has 3 nitrogen and oxygen atoms in total. The van der Waals surface area contributed by atoms with Crippen LogP contribution in [-0.4, -0.2) is 13.2 Å². The molecule has 1 saturated carbocycles. The van der Waals surface area contributed by atoms with Crippen LogP contribution in [0.3, 0.4) is 0 Å². The van der Waals surface area contributed by atoms with Crippen LogP contribution in [0.15, 0.2) is 30.3 Å². The van der Waals surface area contributed by atoms with E-state index in [0.29, 0.717) is 32.6 Å². The van der Waals surface area contributed by atoms with Gasteiger partial charge in [0.25, 0.3) is 0 Å². The van der Waals surface area contributed by atoms with E-state index in [9.17, 15) is 0 Å². The zero-order valence-electron chi connectivity index (χ0n) is 13.7. The van der Waals surface area contributed by atoms with Gasteiger partial charge in [-0.15, -0.1) is 12.4 Å². The van der Waals surface area contributed by atoms with E-state index in [-0.39, 0.29) is 19.0 Å². The summed E-state index contributed by atoms with van der Waals surface area (Å²) in [6.07, 6.45) is 2.49. The average Bonchev–Trinajstić information content (AvgIpc) is 3.37.